The minimum Gasteiger partial charge on any atom is -0.444 e. The molecule has 1 aromatic carbocycles. The van der Waals surface area contributed by atoms with E-state index in [9.17, 15) is 0 Å². The summed E-state index contributed by atoms with van der Waals surface area (Å²) < 4.78 is 6.46. The number of hydrogen-bond donors (Lipinski definition) is 1. The van der Waals surface area contributed by atoms with E-state index in [-0.39, 0.29) is 0 Å². The molecule has 0 bridgehead atoms. The minimum absolute atomic E-state index is 0.580. The highest BCUT2D eigenvalue weighted by Crippen LogP contribution is 2.32. The van der Waals surface area contributed by atoms with Crippen LogP contribution in [0.4, 0.5) is 5.13 Å². The number of oxazole rings is 1. The van der Waals surface area contributed by atoms with Crippen molar-refractivity contribution in [3.63, 3.8) is 0 Å². The molecule has 2 aromatic heterocycles. The van der Waals surface area contributed by atoms with E-state index in [1.54, 1.807) is 29.4 Å². The molecule has 118 valence electrons. The fourth-order valence-corrected chi connectivity index (χ4v) is 3.89. The SMILES string of the molecule is Clc1cccc(-c2nc(CSc3nnc(NC4CC4)s3)co2)c1. The monoisotopic (exact) mass is 364 g/mol. The van der Waals surface area contributed by atoms with E-state index in [0.717, 1.165) is 20.7 Å². The number of hydrogen-bond acceptors (Lipinski definition) is 7. The summed E-state index contributed by atoms with van der Waals surface area (Å²) in [5.74, 6) is 1.28. The number of benzene rings is 1. The second-order valence-corrected chi connectivity index (χ2v) is 7.87. The number of thioether (sulfide) groups is 1. The van der Waals surface area contributed by atoms with Gasteiger partial charge in [0.25, 0.3) is 0 Å². The number of rotatable bonds is 6. The van der Waals surface area contributed by atoms with Crippen LogP contribution in [0.2, 0.25) is 5.02 Å². The van der Waals surface area contributed by atoms with Crippen molar-refractivity contribution in [2.45, 2.75) is 29.0 Å². The van der Waals surface area contributed by atoms with E-state index in [0.29, 0.717) is 22.7 Å². The summed E-state index contributed by atoms with van der Waals surface area (Å²) >= 11 is 9.18. The van der Waals surface area contributed by atoms with Crippen molar-refractivity contribution in [3.05, 3.63) is 41.2 Å². The van der Waals surface area contributed by atoms with Gasteiger partial charge in [-0.2, -0.15) is 0 Å². The molecule has 1 aliphatic carbocycles. The first kappa shape index (κ1) is 15.0. The summed E-state index contributed by atoms with van der Waals surface area (Å²) in [5.41, 5.74) is 1.75. The Bertz CT molecular complexity index is 815. The standard InChI is InChI=1S/C15H13ClN4OS2/c16-10-3-1-2-9(6-10)13-17-12(7-21-13)8-22-15-20-19-14(23-15)18-11-4-5-11/h1-3,6-7,11H,4-5,8H2,(H,18,19). The van der Waals surface area contributed by atoms with Crippen molar-refractivity contribution in [2.24, 2.45) is 0 Å². The summed E-state index contributed by atoms with van der Waals surface area (Å²) in [7, 11) is 0. The van der Waals surface area contributed by atoms with Crippen LogP contribution in [0.3, 0.4) is 0 Å². The molecular formula is C15H13ClN4OS2. The van der Waals surface area contributed by atoms with Crippen LogP contribution in [-0.4, -0.2) is 21.2 Å². The molecule has 5 nitrogen and oxygen atoms in total. The largest absolute Gasteiger partial charge is 0.444 e. The van der Waals surface area contributed by atoms with Gasteiger partial charge in [-0.15, -0.1) is 10.2 Å². The average molecular weight is 365 g/mol. The van der Waals surface area contributed by atoms with Gasteiger partial charge in [-0.25, -0.2) is 4.98 Å². The van der Waals surface area contributed by atoms with Crippen LogP contribution in [0.25, 0.3) is 11.5 Å². The van der Waals surface area contributed by atoms with E-state index in [1.165, 1.54) is 12.8 Å². The highest BCUT2D eigenvalue weighted by Gasteiger charge is 2.22. The predicted molar refractivity (Wildman–Crippen MR) is 93.1 cm³/mol. The molecule has 0 radical (unpaired) electrons. The number of anilines is 1. The Morgan fingerprint density at radius 1 is 1.35 bits per heavy atom. The van der Waals surface area contributed by atoms with Gasteiger partial charge >= 0.3 is 0 Å². The van der Waals surface area contributed by atoms with E-state index < -0.39 is 0 Å². The Morgan fingerprint density at radius 3 is 3.09 bits per heavy atom. The van der Waals surface area contributed by atoms with E-state index in [1.807, 2.05) is 24.3 Å². The van der Waals surface area contributed by atoms with E-state index in [4.69, 9.17) is 16.0 Å². The zero-order valence-corrected chi connectivity index (χ0v) is 14.4. The second-order valence-electron chi connectivity index (χ2n) is 5.23. The first-order valence-electron chi connectivity index (χ1n) is 7.19. The van der Waals surface area contributed by atoms with Gasteiger partial charge in [0.05, 0.1) is 5.69 Å². The number of halogens is 1. The van der Waals surface area contributed by atoms with E-state index in [2.05, 4.69) is 20.5 Å². The summed E-state index contributed by atoms with van der Waals surface area (Å²) in [5, 5.41) is 13.2. The number of aromatic nitrogens is 3. The first-order chi connectivity index (χ1) is 11.3. The van der Waals surface area contributed by atoms with Crippen molar-refractivity contribution in [1.29, 1.82) is 0 Å². The molecule has 0 unspecified atom stereocenters. The van der Waals surface area contributed by atoms with Crippen LogP contribution in [0.5, 0.6) is 0 Å². The second kappa shape index (κ2) is 6.51. The minimum atomic E-state index is 0.580. The van der Waals surface area contributed by atoms with Crippen molar-refractivity contribution in [2.75, 3.05) is 5.32 Å². The molecule has 0 saturated heterocycles. The highest BCUT2D eigenvalue weighted by molar-refractivity contribution is 8.00. The summed E-state index contributed by atoms with van der Waals surface area (Å²) in [6, 6.07) is 8.07. The summed E-state index contributed by atoms with van der Waals surface area (Å²) in [6.45, 7) is 0. The maximum atomic E-state index is 5.99. The lowest BCUT2D eigenvalue weighted by Gasteiger charge is -1.95. The molecule has 2 heterocycles. The average Bonchev–Trinajstić information content (AvgIpc) is 3.06. The molecule has 23 heavy (non-hydrogen) atoms. The topological polar surface area (TPSA) is 63.8 Å². The number of nitrogens with one attached hydrogen (secondary N) is 1. The van der Waals surface area contributed by atoms with Gasteiger partial charge in [-0.05, 0) is 31.0 Å². The van der Waals surface area contributed by atoms with Gasteiger partial charge in [0.15, 0.2) is 4.34 Å². The molecule has 0 atom stereocenters. The smallest absolute Gasteiger partial charge is 0.226 e. The van der Waals surface area contributed by atoms with Gasteiger partial charge in [-0.3, -0.25) is 0 Å². The third kappa shape index (κ3) is 3.85. The molecule has 0 spiro atoms. The lowest BCUT2D eigenvalue weighted by atomic mass is 10.2. The maximum absolute atomic E-state index is 5.99. The predicted octanol–water partition coefficient (Wildman–Crippen LogP) is 4.71. The van der Waals surface area contributed by atoms with Gasteiger partial charge in [0, 0.05) is 22.4 Å². The van der Waals surface area contributed by atoms with Gasteiger partial charge in [0.2, 0.25) is 11.0 Å². The van der Waals surface area contributed by atoms with Crippen LogP contribution in [-0.2, 0) is 5.75 Å². The van der Waals surface area contributed by atoms with Gasteiger partial charge < -0.3 is 9.73 Å². The third-order valence-corrected chi connectivity index (χ3v) is 5.53. The third-order valence-electron chi connectivity index (χ3n) is 3.28. The van der Waals surface area contributed by atoms with Crippen molar-refractivity contribution in [1.82, 2.24) is 15.2 Å². The molecular weight excluding hydrogens is 352 g/mol. The Kier molecular flexibility index (Phi) is 4.24. The quantitative estimate of drug-likeness (QED) is 0.639. The molecule has 0 amide bonds. The first-order valence-corrected chi connectivity index (χ1v) is 9.37. The molecule has 1 fully saturated rings. The summed E-state index contributed by atoms with van der Waals surface area (Å²) in [4.78, 5) is 4.50. The van der Waals surface area contributed by atoms with Crippen molar-refractivity contribution < 1.29 is 4.42 Å². The van der Waals surface area contributed by atoms with Crippen LogP contribution < -0.4 is 5.32 Å². The molecule has 0 aliphatic heterocycles. The van der Waals surface area contributed by atoms with Crippen LogP contribution in [0.1, 0.15) is 18.5 Å². The maximum Gasteiger partial charge on any atom is 0.226 e. The molecule has 4 rings (SSSR count). The fraction of sp³-hybridized carbons (Fsp3) is 0.267. The Hall–Kier alpha value is -1.57. The van der Waals surface area contributed by atoms with Crippen LogP contribution in [0, 0.1) is 0 Å². The zero-order valence-electron chi connectivity index (χ0n) is 12.0. The molecule has 1 saturated carbocycles. The van der Waals surface area contributed by atoms with Crippen LogP contribution in [0.15, 0.2) is 39.3 Å². The van der Waals surface area contributed by atoms with Crippen LogP contribution >= 0.6 is 34.7 Å². The number of nitrogens with zero attached hydrogens (tertiary/aromatic N) is 3. The highest BCUT2D eigenvalue weighted by atomic mass is 35.5. The van der Waals surface area contributed by atoms with Crippen molar-refractivity contribution >= 4 is 39.8 Å². The molecule has 1 aliphatic rings. The lowest BCUT2D eigenvalue weighted by molar-refractivity contribution is 0.573. The Balaban J connectivity index is 1.38. The van der Waals surface area contributed by atoms with Crippen molar-refractivity contribution in [3.8, 4) is 11.5 Å². The van der Waals surface area contributed by atoms with E-state index >= 15 is 0 Å². The summed E-state index contributed by atoms with van der Waals surface area (Å²) in [6.07, 6.45) is 4.13. The molecule has 3 aromatic rings. The molecule has 1 N–H and O–H groups in total. The fourth-order valence-electron chi connectivity index (χ4n) is 1.99. The zero-order chi connectivity index (χ0) is 15.6. The normalized spacial score (nSPS) is 14.1. The Morgan fingerprint density at radius 2 is 2.26 bits per heavy atom. The Labute approximate surface area is 146 Å². The van der Waals surface area contributed by atoms with Gasteiger partial charge in [-0.1, -0.05) is 40.8 Å². The van der Waals surface area contributed by atoms with Gasteiger partial charge in [0.1, 0.15) is 6.26 Å². The molecule has 8 heteroatoms. The lowest BCUT2D eigenvalue weighted by Crippen LogP contribution is -1.99.